The zero-order valence-electron chi connectivity index (χ0n) is 16.7. The Kier molecular flexibility index (Phi) is 6.53. The molecule has 1 aromatic heterocycles. The minimum absolute atomic E-state index is 0.260. The van der Waals surface area contributed by atoms with Gasteiger partial charge >= 0.3 is 0 Å². The van der Waals surface area contributed by atoms with E-state index in [0.29, 0.717) is 12.5 Å². The molecule has 0 radical (unpaired) electrons. The molecule has 2 aliphatic rings. The van der Waals surface area contributed by atoms with Crippen LogP contribution in [0.4, 0.5) is 5.82 Å². The number of hydrogen-bond acceptors (Lipinski definition) is 4. The third-order valence-electron chi connectivity index (χ3n) is 5.50. The van der Waals surface area contributed by atoms with Crippen molar-refractivity contribution < 1.29 is 4.79 Å². The molecule has 1 unspecified atom stereocenters. The zero-order chi connectivity index (χ0) is 19.2. The number of rotatable bonds is 5. The molecule has 7 nitrogen and oxygen atoms in total. The zero-order valence-corrected chi connectivity index (χ0v) is 16.7. The van der Waals surface area contributed by atoms with E-state index in [-0.39, 0.29) is 12.0 Å². The van der Waals surface area contributed by atoms with Crippen molar-refractivity contribution in [1.29, 1.82) is 0 Å². The molecule has 2 N–H and O–H groups in total. The number of carbonyl (C=O) groups excluding carboxylic acids is 1. The van der Waals surface area contributed by atoms with Gasteiger partial charge in [-0.05, 0) is 37.0 Å². The highest BCUT2D eigenvalue weighted by molar-refractivity contribution is 5.81. The van der Waals surface area contributed by atoms with Crippen LogP contribution in [0.1, 0.15) is 37.7 Å². The Balaban J connectivity index is 1.48. The Hall–Kier alpha value is -2.31. The van der Waals surface area contributed by atoms with Crippen LogP contribution in [0.5, 0.6) is 0 Å². The maximum Gasteiger partial charge on any atom is 0.225 e. The molecule has 3 rings (SSSR count). The van der Waals surface area contributed by atoms with Crippen LogP contribution in [0.15, 0.2) is 23.3 Å². The van der Waals surface area contributed by atoms with Gasteiger partial charge < -0.3 is 20.4 Å². The van der Waals surface area contributed by atoms with Crippen molar-refractivity contribution >= 4 is 17.7 Å². The van der Waals surface area contributed by atoms with Crippen molar-refractivity contribution in [2.75, 3.05) is 39.1 Å². The van der Waals surface area contributed by atoms with E-state index in [9.17, 15) is 4.79 Å². The Morgan fingerprint density at radius 3 is 2.81 bits per heavy atom. The number of nitrogens with zero attached hydrogens (tertiary/aromatic N) is 4. The third kappa shape index (κ3) is 5.11. The van der Waals surface area contributed by atoms with Crippen molar-refractivity contribution in [3.8, 4) is 0 Å². The van der Waals surface area contributed by atoms with E-state index in [0.717, 1.165) is 49.7 Å². The lowest BCUT2D eigenvalue weighted by molar-refractivity contribution is -0.134. The van der Waals surface area contributed by atoms with Gasteiger partial charge in [-0.25, -0.2) is 4.98 Å². The Morgan fingerprint density at radius 1 is 1.33 bits per heavy atom. The van der Waals surface area contributed by atoms with Gasteiger partial charge in [0.1, 0.15) is 5.82 Å². The van der Waals surface area contributed by atoms with Gasteiger partial charge in [0.05, 0.1) is 0 Å². The lowest BCUT2D eigenvalue weighted by Crippen LogP contribution is -2.45. The molecule has 148 valence electrons. The number of aromatic nitrogens is 1. The van der Waals surface area contributed by atoms with Gasteiger partial charge in [-0.3, -0.25) is 9.79 Å². The maximum atomic E-state index is 12.6. The average molecular weight is 373 g/mol. The van der Waals surface area contributed by atoms with Gasteiger partial charge in [0, 0.05) is 58.9 Å². The standard InChI is InChI=1S/C20H32N6O/c1-21-20(23-13-15-8-10-22-18(12-15)25(2)3)24-17-9-11-26(14-17)19(27)16-6-4-5-7-16/h8,10,12,16-17H,4-7,9,11,13-14H2,1-3H3,(H2,21,23,24). The molecule has 2 fully saturated rings. The van der Waals surface area contributed by atoms with E-state index in [1.807, 2.05) is 36.2 Å². The summed E-state index contributed by atoms with van der Waals surface area (Å²) in [6, 6.07) is 4.33. The normalized spacial score (nSPS) is 20.8. The monoisotopic (exact) mass is 372 g/mol. The predicted molar refractivity (Wildman–Crippen MR) is 109 cm³/mol. The van der Waals surface area contributed by atoms with E-state index in [1.54, 1.807) is 7.05 Å². The molecular formula is C20H32N6O. The first kappa shape index (κ1) is 19.5. The molecule has 1 atom stereocenters. The largest absolute Gasteiger partial charge is 0.363 e. The number of pyridine rings is 1. The van der Waals surface area contributed by atoms with E-state index in [1.165, 1.54) is 12.8 Å². The van der Waals surface area contributed by atoms with E-state index >= 15 is 0 Å². The highest BCUT2D eigenvalue weighted by Gasteiger charge is 2.32. The minimum atomic E-state index is 0.260. The van der Waals surface area contributed by atoms with Crippen molar-refractivity contribution in [3.05, 3.63) is 23.9 Å². The highest BCUT2D eigenvalue weighted by Crippen LogP contribution is 2.27. The first-order chi connectivity index (χ1) is 13.1. The fourth-order valence-electron chi connectivity index (χ4n) is 3.90. The summed E-state index contributed by atoms with van der Waals surface area (Å²) in [7, 11) is 5.75. The van der Waals surface area contributed by atoms with Crippen LogP contribution in [0, 0.1) is 5.92 Å². The molecule has 0 bridgehead atoms. The number of anilines is 1. The maximum absolute atomic E-state index is 12.6. The van der Waals surface area contributed by atoms with Crippen molar-refractivity contribution in [3.63, 3.8) is 0 Å². The number of carbonyl (C=O) groups is 1. The Morgan fingerprint density at radius 2 is 2.11 bits per heavy atom. The number of nitrogens with one attached hydrogen (secondary N) is 2. The number of aliphatic imine (C=N–C) groups is 1. The van der Waals surface area contributed by atoms with Gasteiger partial charge in [0.25, 0.3) is 0 Å². The van der Waals surface area contributed by atoms with Gasteiger partial charge in [-0.2, -0.15) is 0 Å². The quantitative estimate of drug-likeness (QED) is 0.607. The molecule has 1 aliphatic carbocycles. The summed E-state index contributed by atoms with van der Waals surface area (Å²) < 4.78 is 0. The molecule has 1 saturated heterocycles. The molecule has 1 saturated carbocycles. The van der Waals surface area contributed by atoms with Crippen LogP contribution in [0.25, 0.3) is 0 Å². The number of hydrogen-bond donors (Lipinski definition) is 2. The number of likely N-dealkylation sites (tertiary alicyclic amines) is 1. The van der Waals surface area contributed by atoms with Gasteiger partial charge in [-0.1, -0.05) is 12.8 Å². The van der Waals surface area contributed by atoms with Crippen LogP contribution in [-0.2, 0) is 11.3 Å². The summed E-state index contributed by atoms with van der Waals surface area (Å²) in [4.78, 5) is 25.3. The molecule has 7 heteroatoms. The van der Waals surface area contributed by atoms with Crippen molar-refractivity contribution in [2.24, 2.45) is 10.9 Å². The lowest BCUT2D eigenvalue weighted by Gasteiger charge is -2.21. The van der Waals surface area contributed by atoms with Crippen molar-refractivity contribution in [1.82, 2.24) is 20.5 Å². The molecule has 2 heterocycles. The molecule has 0 aromatic carbocycles. The molecule has 1 amide bonds. The molecule has 0 spiro atoms. The van der Waals surface area contributed by atoms with E-state index in [4.69, 9.17) is 0 Å². The second kappa shape index (κ2) is 9.06. The topological polar surface area (TPSA) is 72.9 Å². The third-order valence-corrected chi connectivity index (χ3v) is 5.50. The van der Waals surface area contributed by atoms with Crippen LogP contribution >= 0.6 is 0 Å². The Bertz CT molecular complexity index is 668. The SMILES string of the molecule is CN=C(NCc1ccnc(N(C)C)c1)NC1CCN(C(=O)C2CCCC2)C1. The summed E-state index contributed by atoms with van der Waals surface area (Å²) in [6.45, 7) is 2.30. The molecule has 1 aromatic rings. The second-order valence-electron chi connectivity index (χ2n) is 7.74. The van der Waals surface area contributed by atoms with Crippen LogP contribution < -0.4 is 15.5 Å². The fraction of sp³-hybridized carbons (Fsp3) is 0.650. The van der Waals surface area contributed by atoms with Crippen LogP contribution in [0.2, 0.25) is 0 Å². The van der Waals surface area contributed by atoms with Crippen LogP contribution in [0.3, 0.4) is 0 Å². The van der Waals surface area contributed by atoms with Crippen LogP contribution in [-0.4, -0.2) is 62.0 Å². The fourth-order valence-corrected chi connectivity index (χ4v) is 3.90. The summed E-state index contributed by atoms with van der Waals surface area (Å²) in [5.41, 5.74) is 1.15. The highest BCUT2D eigenvalue weighted by atomic mass is 16.2. The molecule has 27 heavy (non-hydrogen) atoms. The summed E-state index contributed by atoms with van der Waals surface area (Å²) in [5.74, 6) is 2.33. The molecular weight excluding hydrogens is 340 g/mol. The summed E-state index contributed by atoms with van der Waals surface area (Å²) >= 11 is 0. The summed E-state index contributed by atoms with van der Waals surface area (Å²) in [5, 5.41) is 6.83. The summed E-state index contributed by atoms with van der Waals surface area (Å²) in [6.07, 6.45) is 7.33. The molecule has 1 aliphatic heterocycles. The lowest BCUT2D eigenvalue weighted by atomic mass is 10.1. The minimum Gasteiger partial charge on any atom is -0.363 e. The average Bonchev–Trinajstić information content (AvgIpc) is 3.37. The number of amides is 1. The predicted octanol–water partition coefficient (Wildman–Crippen LogP) is 1.60. The van der Waals surface area contributed by atoms with Crippen molar-refractivity contribution in [2.45, 2.75) is 44.7 Å². The van der Waals surface area contributed by atoms with Gasteiger partial charge in [0.2, 0.25) is 5.91 Å². The van der Waals surface area contributed by atoms with Gasteiger partial charge in [-0.15, -0.1) is 0 Å². The van der Waals surface area contributed by atoms with E-state index < -0.39 is 0 Å². The van der Waals surface area contributed by atoms with E-state index in [2.05, 4.69) is 26.7 Å². The Labute approximate surface area is 162 Å². The second-order valence-corrected chi connectivity index (χ2v) is 7.74. The number of guanidine groups is 1. The van der Waals surface area contributed by atoms with Gasteiger partial charge in [0.15, 0.2) is 5.96 Å². The first-order valence-electron chi connectivity index (χ1n) is 9.95. The smallest absolute Gasteiger partial charge is 0.225 e. The first-order valence-corrected chi connectivity index (χ1v) is 9.95.